The molecule has 6 heteroatoms. The van der Waals surface area contributed by atoms with Crippen LogP contribution < -0.4 is 0 Å². The quantitative estimate of drug-likeness (QED) is 0.313. The van der Waals surface area contributed by atoms with Crippen molar-refractivity contribution in [2.24, 2.45) is 0 Å². The first-order valence-corrected chi connectivity index (χ1v) is 3.52. The van der Waals surface area contributed by atoms with Gasteiger partial charge >= 0.3 is 5.88 Å². The number of hydrogen-bond donors (Lipinski definition) is 0. The molecule has 0 unspecified atom stereocenters. The minimum absolute atomic E-state index is 0.0864. The van der Waals surface area contributed by atoms with E-state index in [9.17, 15) is 14.9 Å². The van der Waals surface area contributed by atoms with Crippen molar-refractivity contribution >= 4 is 23.3 Å². The first kappa shape index (κ1) is 8.73. The van der Waals surface area contributed by atoms with E-state index >= 15 is 0 Å². The van der Waals surface area contributed by atoms with E-state index in [0.717, 1.165) is 6.07 Å². The fourth-order valence-electron chi connectivity index (χ4n) is 0.642. The van der Waals surface area contributed by atoms with E-state index in [2.05, 4.69) is 4.42 Å². The molecule has 0 radical (unpaired) electrons. The Morgan fingerprint density at radius 2 is 2.33 bits per heavy atom. The molecule has 0 saturated carbocycles. The molecule has 0 fully saturated rings. The molecule has 1 aromatic heterocycles. The summed E-state index contributed by atoms with van der Waals surface area (Å²) in [4.78, 5) is 20.2. The molecule has 64 valence electrons. The van der Waals surface area contributed by atoms with E-state index in [0.29, 0.717) is 0 Å². The highest BCUT2D eigenvalue weighted by Crippen LogP contribution is 2.15. The summed E-state index contributed by atoms with van der Waals surface area (Å²) in [6.45, 7) is 0. The number of furan rings is 1. The number of carbonyl (C=O) groups is 1. The van der Waals surface area contributed by atoms with Crippen molar-refractivity contribution in [2.75, 3.05) is 5.88 Å². The lowest BCUT2D eigenvalue weighted by Crippen LogP contribution is -1.97. The third-order valence-corrected chi connectivity index (χ3v) is 1.41. The van der Waals surface area contributed by atoms with Gasteiger partial charge in [0.15, 0.2) is 5.76 Å². The van der Waals surface area contributed by atoms with Crippen LogP contribution in [0.1, 0.15) is 10.6 Å². The Kier molecular flexibility index (Phi) is 2.44. The lowest BCUT2D eigenvalue weighted by molar-refractivity contribution is -0.402. The van der Waals surface area contributed by atoms with E-state index < -0.39 is 16.6 Å². The van der Waals surface area contributed by atoms with Crippen LogP contribution in [0.15, 0.2) is 16.5 Å². The maximum absolute atomic E-state index is 10.8. The van der Waals surface area contributed by atoms with Gasteiger partial charge in [-0.2, -0.15) is 0 Å². The summed E-state index contributed by atoms with van der Waals surface area (Å²) < 4.78 is 4.56. The zero-order valence-electron chi connectivity index (χ0n) is 5.82. The van der Waals surface area contributed by atoms with Crippen molar-refractivity contribution in [1.82, 2.24) is 0 Å². The standard InChI is InChI=1S/C6H4ClNO4/c7-3-4(9)5-1-2-6(12-5)8(10)11/h1-2H,3H2. The van der Waals surface area contributed by atoms with Crippen LogP contribution in [0.3, 0.4) is 0 Å². The lowest BCUT2D eigenvalue weighted by Gasteiger charge is -1.86. The van der Waals surface area contributed by atoms with Crippen LogP contribution in [0.25, 0.3) is 0 Å². The molecule has 0 aromatic carbocycles. The molecular weight excluding hydrogens is 186 g/mol. The zero-order chi connectivity index (χ0) is 9.14. The van der Waals surface area contributed by atoms with Crippen LogP contribution in [0.5, 0.6) is 0 Å². The summed E-state index contributed by atoms with van der Waals surface area (Å²) >= 11 is 5.20. The van der Waals surface area contributed by atoms with Gasteiger partial charge in [0.25, 0.3) is 0 Å². The number of nitro groups is 1. The Bertz CT molecular complexity index is 319. The van der Waals surface area contributed by atoms with Crippen LogP contribution in [0.4, 0.5) is 5.88 Å². The molecule has 0 atom stereocenters. The second kappa shape index (κ2) is 3.36. The van der Waals surface area contributed by atoms with Crippen LogP contribution in [-0.2, 0) is 0 Å². The van der Waals surface area contributed by atoms with Crippen molar-refractivity contribution in [3.63, 3.8) is 0 Å². The van der Waals surface area contributed by atoms with Gasteiger partial charge in [0.05, 0.1) is 11.9 Å². The number of carbonyl (C=O) groups excluding carboxylic acids is 1. The fraction of sp³-hybridized carbons (Fsp3) is 0.167. The summed E-state index contributed by atoms with van der Waals surface area (Å²) in [5.74, 6) is -1.25. The highest BCUT2D eigenvalue weighted by Gasteiger charge is 2.15. The Morgan fingerprint density at radius 1 is 1.67 bits per heavy atom. The molecule has 0 amide bonds. The molecule has 12 heavy (non-hydrogen) atoms. The van der Waals surface area contributed by atoms with Crippen LogP contribution in [-0.4, -0.2) is 16.6 Å². The van der Waals surface area contributed by atoms with Crippen molar-refractivity contribution in [2.45, 2.75) is 0 Å². The Hall–Kier alpha value is -1.36. The Balaban J connectivity index is 2.91. The predicted octanol–water partition coefficient (Wildman–Crippen LogP) is 1.61. The molecule has 1 aromatic rings. The number of rotatable bonds is 3. The number of nitrogens with zero attached hydrogens (tertiary/aromatic N) is 1. The Morgan fingerprint density at radius 3 is 2.75 bits per heavy atom. The molecule has 1 heterocycles. The summed E-state index contributed by atoms with van der Waals surface area (Å²) in [7, 11) is 0. The van der Waals surface area contributed by atoms with Crippen LogP contribution >= 0.6 is 11.6 Å². The van der Waals surface area contributed by atoms with Gasteiger partial charge in [0, 0.05) is 0 Å². The fourth-order valence-corrected chi connectivity index (χ4v) is 0.773. The SMILES string of the molecule is O=C(CCl)c1ccc([N+](=O)[O-])o1. The molecule has 1 rings (SSSR count). The van der Waals surface area contributed by atoms with E-state index in [1.807, 2.05) is 0 Å². The van der Waals surface area contributed by atoms with Gasteiger partial charge in [-0.25, -0.2) is 0 Å². The first-order chi connectivity index (χ1) is 5.65. The molecule has 0 saturated heterocycles. The van der Waals surface area contributed by atoms with Gasteiger partial charge in [0.2, 0.25) is 5.78 Å². The lowest BCUT2D eigenvalue weighted by atomic mass is 10.3. The molecule has 0 spiro atoms. The number of ketones is 1. The monoisotopic (exact) mass is 189 g/mol. The normalized spacial score (nSPS) is 9.75. The smallest absolute Gasteiger partial charge is 0.397 e. The van der Waals surface area contributed by atoms with E-state index in [-0.39, 0.29) is 11.6 Å². The molecule has 0 aliphatic heterocycles. The van der Waals surface area contributed by atoms with Gasteiger partial charge in [-0.15, -0.1) is 11.6 Å². The maximum Gasteiger partial charge on any atom is 0.433 e. The third kappa shape index (κ3) is 1.62. The molecule has 0 N–H and O–H groups in total. The van der Waals surface area contributed by atoms with Gasteiger partial charge in [-0.05, 0) is 6.07 Å². The van der Waals surface area contributed by atoms with Crippen LogP contribution in [0, 0.1) is 10.1 Å². The number of alkyl halides is 1. The van der Waals surface area contributed by atoms with Crippen molar-refractivity contribution in [3.8, 4) is 0 Å². The van der Waals surface area contributed by atoms with Gasteiger partial charge in [-0.3, -0.25) is 14.9 Å². The molecule has 0 bridgehead atoms. The first-order valence-electron chi connectivity index (χ1n) is 2.98. The van der Waals surface area contributed by atoms with Crippen LogP contribution in [0.2, 0.25) is 0 Å². The van der Waals surface area contributed by atoms with E-state index in [4.69, 9.17) is 11.6 Å². The number of halogens is 1. The summed E-state index contributed by atoms with van der Waals surface area (Å²) in [5, 5.41) is 10.1. The predicted molar refractivity (Wildman–Crippen MR) is 40.4 cm³/mol. The Labute approximate surface area is 72.1 Å². The summed E-state index contributed by atoms with van der Waals surface area (Å²) in [6, 6.07) is 2.34. The molecule has 0 aliphatic rings. The molecule has 5 nitrogen and oxygen atoms in total. The van der Waals surface area contributed by atoms with E-state index in [1.165, 1.54) is 6.07 Å². The third-order valence-electron chi connectivity index (χ3n) is 1.17. The summed E-state index contributed by atoms with van der Waals surface area (Å²) in [5.41, 5.74) is 0. The maximum atomic E-state index is 10.8. The number of Topliss-reactive ketones (excluding diaryl/α,β-unsaturated/α-hetero) is 1. The van der Waals surface area contributed by atoms with Gasteiger partial charge < -0.3 is 4.42 Å². The zero-order valence-corrected chi connectivity index (χ0v) is 6.58. The average molecular weight is 190 g/mol. The van der Waals surface area contributed by atoms with E-state index in [1.54, 1.807) is 0 Å². The topological polar surface area (TPSA) is 73.3 Å². The minimum Gasteiger partial charge on any atom is -0.397 e. The number of hydrogen-bond acceptors (Lipinski definition) is 4. The second-order valence-corrected chi connectivity index (χ2v) is 2.22. The minimum atomic E-state index is -0.717. The van der Waals surface area contributed by atoms with Gasteiger partial charge in [-0.1, -0.05) is 0 Å². The molecular formula is C6H4ClNO4. The molecule has 0 aliphatic carbocycles. The second-order valence-electron chi connectivity index (χ2n) is 1.95. The van der Waals surface area contributed by atoms with Crippen molar-refractivity contribution in [1.29, 1.82) is 0 Å². The average Bonchev–Trinajstić information content (AvgIpc) is 2.51. The largest absolute Gasteiger partial charge is 0.433 e. The van der Waals surface area contributed by atoms with Crippen molar-refractivity contribution in [3.05, 3.63) is 28.0 Å². The highest BCUT2D eigenvalue weighted by molar-refractivity contribution is 6.30. The highest BCUT2D eigenvalue weighted by atomic mass is 35.5. The van der Waals surface area contributed by atoms with Gasteiger partial charge in [0.1, 0.15) is 4.92 Å². The van der Waals surface area contributed by atoms with Crippen molar-refractivity contribution < 1.29 is 14.1 Å². The summed E-state index contributed by atoms with van der Waals surface area (Å²) in [6.07, 6.45) is 0.